The normalized spacial score (nSPS) is 10.8. The molecular weight excluding hydrogens is 306 g/mol. The molecule has 3 aromatic rings. The van der Waals surface area contributed by atoms with E-state index in [2.05, 4.69) is 10.1 Å². The highest BCUT2D eigenvalue weighted by Gasteiger charge is 2.16. The maximum Gasteiger partial charge on any atom is 0.345 e. The lowest BCUT2D eigenvalue weighted by Crippen LogP contribution is -2.29. The lowest BCUT2D eigenvalue weighted by molar-refractivity contribution is -0.139. The molecule has 1 amide bonds. The van der Waals surface area contributed by atoms with Crippen molar-refractivity contribution < 1.29 is 18.7 Å². The Kier molecular flexibility index (Phi) is 3.64. The summed E-state index contributed by atoms with van der Waals surface area (Å²) in [5.41, 5.74) is -0.0136. The van der Waals surface area contributed by atoms with Crippen LogP contribution >= 0.6 is 11.3 Å². The number of benzene rings is 1. The number of methoxy groups -OCH3 is 1. The number of para-hydroxylation sites is 1. The molecule has 0 unspecified atom stereocenters. The summed E-state index contributed by atoms with van der Waals surface area (Å²) < 4.78 is 10.4. The fourth-order valence-corrected chi connectivity index (χ4v) is 3.16. The fraction of sp³-hybridized carbons (Fsp3) is 0.133. The molecule has 0 saturated heterocycles. The average molecular weight is 317 g/mol. The summed E-state index contributed by atoms with van der Waals surface area (Å²) in [4.78, 5) is 35.4. The number of nitrogens with one attached hydrogen (secondary N) is 1. The molecule has 2 aromatic heterocycles. The Balaban J connectivity index is 2.04. The molecule has 3 rings (SSSR count). The van der Waals surface area contributed by atoms with Gasteiger partial charge in [-0.25, -0.2) is 4.79 Å². The van der Waals surface area contributed by atoms with Crippen molar-refractivity contribution in [2.45, 2.75) is 0 Å². The summed E-state index contributed by atoms with van der Waals surface area (Å²) in [5.74, 6) is -0.977. The molecule has 0 aliphatic rings. The lowest BCUT2D eigenvalue weighted by atomic mass is 10.2. The third-order valence-corrected chi connectivity index (χ3v) is 4.30. The summed E-state index contributed by atoms with van der Waals surface area (Å²) in [7, 11) is 1.24. The van der Waals surface area contributed by atoms with Gasteiger partial charge in [-0.1, -0.05) is 12.1 Å². The topological polar surface area (TPSA) is 85.6 Å². The van der Waals surface area contributed by atoms with Crippen molar-refractivity contribution in [1.82, 2.24) is 5.32 Å². The molecule has 0 aliphatic heterocycles. The Bertz CT molecular complexity index is 940. The van der Waals surface area contributed by atoms with E-state index in [-0.39, 0.29) is 6.54 Å². The summed E-state index contributed by atoms with van der Waals surface area (Å²) in [6.07, 6.45) is 0. The molecule has 1 N–H and O–H groups in total. The van der Waals surface area contributed by atoms with E-state index in [1.165, 1.54) is 24.5 Å². The number of amides is 1. The van der Waals surface area contributed by atoms with E-state index >= 15 is 0 Å². The molecule has 112 valence electrons. The van der Waals surface area contributed by atoms with Crippen molar-refractivity contribution >= 4 is 44.3 Å². The Labute approximate surface area is 128 Å². The second kappa shape index (κ2) is 5.61. The lowest BCUT2D eigenvalue weighted by Gasteiger charge is -2.00. The molecule has 0 aliphatic carbocycles. The van der Waals surface area contributed by atoms with Gasteiger partial charge in [0.15, 0.2) is 0 Å². The Morgan fingerprint density at radius 1 is 1.27 bits per heavy atom. The maximum absolute atomic E-state index is 12.0. The van der Waals surface area contributed by atoms with Crippen LogP contribution in [0.2, 0.25) is 0 Å². The molecule has 2 heterocycles. The SMILES string of the molecule is COC(=O)CNC(=O)c1cc2c(=O)oc3ccccc3c2s1. The minimum atomic E-state index is -0.542. The van der Waals surface area contributed by atoms with Gasteiger partial charge in [0.05, 0.1) is 22.1 Å². The first kappa shape index (κ1) is 14.3. The van der Waals surface area contributed by atoms with Gasteiger partial charge in [0.2, 0.25) is 0 Å². The van der Waals surface area contributed by atoms with Crippen molar-refractivity contribution in [2.75, 3.05) is 13.7 Å². The molecule has 0 saturated carbocycles. The van der Waals surface area contributed by atoms with E-state index in [9.17, 15) is 14.4 Å². The standard InChI is InChI=1S/C15H11NO5S/c1-20-12(17)7-16-14(18)11-6-9-13(22-11)8-4-2-3-5-10(8)21-15(9)19/h2-6H,7H2,1H3,(H,16,18). The van der Waals surface area contributed by atoms with Crippen molar-refractivity contribution in [2.24, 2.45) is 0 Å². The minimum absolute atomic E-state index is 0.223. The van der Waals surface area contributed by atoms with Crippen LogP contribution in [0.4, 0.5) is 0 Å². The quantitative estimate of drug-likeness (QED) is 0.589. The predicted molar refractivity (Wildman–Crippen MR) is 82.2 cm³/mol. The second-order valence-electron chi connectivity index (χ2n) is 4.50. The number of esters is 1. The third-order valence-electron chi connectivity index (χ3n) is 3.13. The minimum Gasteiger partial charge on any atom is -0.468 e. The number of carbonyl (C=O) groups is 2. The highest BCUT2D eigenvalue weighted by Crippen LogP contribution is 2.30. The zero-order valence-electron chi connectivity index (χ0n) is 11.5. The van der Waals surface area contributed by atoms with Crippen LogP contribution in [0, 0.1) is 0 Å². The van der Waals surface area contributed by atoms with Crippen molar-refractivity contribution in [3.8, 4) is 0 Å². The molecule has 0 fully saturated rings. The fourth-order valence-electron chi connectivity index (χ4n) is 2.06. The smallest absolute Gasteiger partial charge is 0.345 e. The zero-order valence-corrected chi connectivity index (χ0v) is 12.4. The van der Waals surface area contributed by atoms with Gasteiger partial charge in [-0.3, -0.25) is 9.59 Å². The Morgan fingerprint density at radius 3 is 2.82 bits per heavy atom. The average Bonchev–Trinajstić information content (AvgIpc) is 2.98. The van der Waals surface area contributed by atoms with Gasteiger partial charge in [-0.2, -0.15) is 0 Å². The maximum atomic E-state index is 12.0. The van der Waals surface area contributed by atoms with Crippen molar-refractivity contribution in [3.05, 3.63) is 45.6 Å². The summed E-state index contributed by atoms with van der Waals surface area (Å²) in [6, 6.07) is 8.61. The van der Waals surface area contributed by atoms with Gasteiger partial charge in [0.1, 0.15) is 12.1 Å². The van der Waals surface area contributed by atoms with Crippen LogP contribution in [-0.4, -0.2) is 25.5 Å². The van der Waals surface area contributed by atoms with Crippen LogP contribution in [0.1, 0.15) is 9.67 Å². The number of hydrogen-bond acceptors (Lipinski definition) is 6. The molecule has 7 heteroatoms. The van der Waals surface area contributed by atoms with Gasteiger partial charge < -0.3 is 14.5 Å². The van der Waals surface area contributed by atoms with Gasteiger partial charge in [0.25, 0.3) is 5.91 Å². The van der Waals surface area contributed by atoms with Crippen molar-refractivity contribution in [3.63, 3.8) is 0 Å². The van der Waals surface area contributed by atoms with E-state index in [1.807, 2.05) is 12.1 Å². The summed E-state index contributed by atoms with van der Waals surface area (Å²) >= 11 is 1.18. The Hall–Kier alpha value is -2.67. The van der Waals surface area contributed by atoms with Gasteiger partial charge in [-0.05, 0) is 18.2 Å². The molecule has 22 heavy (non-hydrogen) atoms. The largest absolute Gasteiger partial charge is 0.468 e. The predicted octanol–water partition coefficient (Wildman–Crippen LogP) is 1.91. The molecular formula is C15H11NO5S. The molecule has 0 atom stereocenters. The number of rotatable bonds is 3. The van der Waals surface area contributed by atoms with E-state index < -0.39 is 17.5 Å². The van der Waals surface area contributed by atoms with Crippen LogP contribution in [0.15, 0.2) is 39.5 Å². The highest BCUT2D eigenvalue weighted by atomic mass is 32.1. The monoisotopic (exact) mass is 317 g/mol. The van der Waals surface area contributed by atoms with Gasteiger partial charge >= 0.3 is 11.6 Å². The summed E-state index contributed by atoms with van der Waals surface area (Å²) in [5, 5.41) is 3.57. The van der Waals surface area contributed by atoms with Crippen LogP contribution in [0.25, 0.3) is 21.1 Å². The van der Waals surface area contributed by atoms with Gasteiger partial charge in [0, 0.05) is 5.39 Å². The first-order valence-electron chi connectivity index (χ1n) is 6.40. The second-order valence-corrected chi connectivity index (χ2v) is 5.55. The van der Waals surface area contributed by atoms with E-state index in [4.69, 9.17) is 4.42 Å². The van der Waals surface area contributed by atoms with Crippen LogP contribution < -0.4 is 10.9 Å². The number of carbonyl (C=O) groups excluding carboxylic acids is 2. The van der Waals surface area contributed by atoms with Crippen LogP contribution in [0.3, 0.4) is 0 Å². The molecule has 0 bridgehead atoms. The third kappa shape index (κ3) is 2.46. The highest BCUT2D eigenvalue weighted by molar-refractivity contribution is 7.21. The number of fused-ring (bicyclic) bond motifs is 3. The number of thiophene rings is 1. The Morgan fingerprint density at radius 2 is 2.05 bits per heavy atom. The number of ether oxygens (including phenoxy) is 1. The van der Waals surface area contributed by atoms with Gasteiger partial charge in [-0.15, -0.1) is 11.3 Å². The molecule has 0 radical (unpaired) electrons. The molecule has 0 spiro atoms. The summed E-state index contributed by atoms with van der Waals surface area (Å²) in [6.45, 7) is -0.223. The van der Waals surface area contributed by atoms with E-state index in [0.717, 1.165) is 5.39 Å². The van der Waals surface area contributed by atoms with E-state index in [0.29, 0.717) is 20.5 Å². The molecule has 1 aromatic carbocycles. The van der Waals surface area contributed by atoms with E-state index in [1.54, 1.807) is 12.1 Å². The van der Waals surface area contributed by atoms with Crippen molar-refractivity contribution in [1.29, 1.82) is 0 Å². The number of hydrogen-bond donors (Lipinski definition) is 1. The molecule has 6 nitrogen and oxygen atoms in total. The first-order valence-corrected chi connectivity index (χ1v) is 7.22. The van der Waals surface area contributed by atoms with Crippen LogP contribution in [-0.2, 0) is 9.53 Å². The zero-order chi connectivity index (χ0) is 15.7. The van der Waals surface area contributed by atoms with Crippen LogP contribution in [0.5, 0.6) is 0 Å². The first-order chi connectivity index (χ1) is 10.6.